The Hall–Kier alpha value is -5.27. The Bertz CT molecular complexity index is 1430. The smallest absolute Gasteiger partial charge is 0.308 e. The molecule has 14 nitrogen and oxygen atoms in total. The highest BCUT2D eigenvalue weighted by atomic mass is 16.6. The summed E-state index contributed by atoms with van der Waals surface area (Å²) in [6.45, 7) is 6.40. The molecule has 3 rings (SSSR count). The maximum absolute atomic E-state index is 13.7. The summed E-state index contributed by atoms with van der Waals surface area (Å²) in [5, 5.41) is 0. The standard InChI is InChI=1S/C27H24O14/c1-11(28)35-18-9-19(36-12(2)29)23-20(10-18)41-25(27(24(23)34)40-16(6)33)17-7-21(37-13(3)30)26(39-15(5)32)22(8-17)38-14(4)31/h7-10,25,27H,1-6H3. The number of esters is 6. The Morgan fingerprint density at radius 2 is 1.10 bits per heavy atom. The average molecular weight is 572 g/mol. The zero-order chi connectivity index (χ0) is 30.6. The molecule has 1 heterocycles. The van der Waals surface area contributed by atoms with Crippen LogP contribution in [0.5, 0.6) is 34.5 Å². The minimum Gasteiger partial charge on any atom is -0.480 e. The van der Waals surface area contributed by atoms with E-state index in [1.54, 1.807) is 0 Å². The lowest BCUT2D eigenvalue weighted by atomic mass is 9.92. The number of benzene rings is 2. The van der Waals surface area contributed by atoms with Gasteiger partial charge in [-0.3, -0.25) is 33.6 Å². The minimum absolute atomic E-state index is 0.0365. The molecule has 1 aliphatic heterocycles. The van der Waals surface area contributed by atoms with Gasteiger partial charge in [0, 0.05) is 59.2 Å². The van der Waals surface area contributed by atoms with E-state index >= 15 is 0 Å². The van der Waals surface area contributed by atoms with Crippen molar-refractivity contribution < 1.29 is 66.7 Å². The number of hydrogen-bond acceptors (Lipinski definition) is 14. The third kappa shape index (κ3) is 7.44. The number of hydrogen-bond donors (Lipinski definition) is 0. The third-order valence-electron chi connectivity index (χ3n) is 5.01. The molecule has 0 N–H and O–H groups in total. The number of ether oxygens (including phenoxy) is 7. The van der Waals surface area contributed by atoms with E-state index in [2.05, 4.69) is 0 Å². The molecule has 1 aliphatic rings. The summed E-state index contributed by atoms with van der Waals surface area (Å²) in [7, 11) is 0. The molecule has 0 fully saturated rings. The SMILES string of the molecule is CC(=O)Oc1cc(OC(C)=O)c2c(c1)OC(c1cc(OC(C)=O)c(OC(C)=O)c(OC(C)=O)c1)C(OC(C)=O)C2=O. The lowest BCUT2D eigenvalue weighted by Gasteiger charge is -2.33. The molecule has 0 amide bonds. The minimum atomic E-state index is -1.70. The second-order valence-electron chi connectivity index (χ2n) is 8.54. The highest BCUT2D eigenvalue weighted by Crippen LogP contribution is 2.47. The molecule has 0 spiro atoms. The zero-order valence-corrected chi connectivity index (χ0v) is 22.7. The predicted molar refractivity (Wildman–Crippen MR) is 133 cm³/mol. The molecule has 0 bridgehead atoms. The topological polar surface area (TPSA) is 184 Å². The van der Waals surface area contributed by atoms with Crippen molar-refractivity contribution in [3.05, 3.63) is 35.4 Å². The van der Waals surface area contributed by atoms with Gasteiger partial charge in [0.05, 0.1) is 0 Å². The fourth-order valence-corrected chi connectivity index (χ4v) is 3.84. The van der Waals surface area contributed by atoms with Crippen molar-refractivity contribution in [2.75, 3.05) is 0 Å². The summed E-state index contributed by atoms with van der Waals surface area (Å²) < 4.78 is 37.0. The van der Waals surface area contributed by atoms with Gasteiger partial charge in [0.2, 0.25) is 17.6 Å². The first kappa shape index (κ1) is 30.3. The number of rotatable bonds is 7. The summed E-state index contributed by atoms with van der Waals surface area (Å²) in [4.78, 5) is 84.5. The van der Waals surface area contributed by atoms with E-state index in [4.69, 9.17) is 33.2 Å². The first-order valence-corrected chi connectivity index (χ1v) is 11.8. The van der Waals surface area contributed by atoms with Crippen molar-refractivity contribution >= 4 is 41.6 Å². The van der Waals surface area contributed by atoms with E-state index in [-0.39, 0.29) is 39.9 Å². The van der Waals surface area contributed by atoms with Crippen LogP contribution in [-0.2, 0) is 33.5 Å². The Balaban J connectivity index is 2.30. The number of Topliss-reactive ketones (excluding diaryl/α,β-unsaturated/α-hetero) is 1. The second kappa shape index (κ2) is 12.3. The monoisotopic (exact) mass is 572 g/mol. The molecule has 216 valence electrons. The molecular formula is C27H24O14. The maximum atomic E-state index is 13.7. The molecule has 2 unspecified atom stereocenters. The Labute approximate surface area is 232 Å². The van der Waals surface area contributed by atoms with Crippen molar-refractivity contribution in [1.82, 2.24) is 0 Å². The molecule has 0 saturated carbocycles. The number of ketones is 1. The number of carbonyl (C=O) groups excluding carboxylic acids is 7. The van der Waals surface area contributed by atoms with Crippen LogP contribution >= 0.6 is 0 Å². The highest BCUT2D eigenvalue weighted by molar-refractivity contribution is 6.07. The lowest BCUT2D eigenvalue weighted by Crippen LogP contribution is -2.40. The van der Waals surface area contributed by atoms with Crippen molar-refractivity contribution in [2.45, 2.75) is 53.8 Å². The quantitative estimate of drug-likeness (QED) is 0.348. The summed E-state index contributed by atoms with van der Waals surface area (Å²) in [6.07, 6.45) is -3.20. The fourth-order valence-electron chi connectivity index (χ4n) is 3.84. The van der Waals surface area contributed by atoms with Gasteiger partial charge in [0.25, 0.3) is 0 Å². The van der Waals surface area contributed by atoms with Crippen LogP contribution in [0.25, 0.3) is 0 Å². The second-order valence-corrected chi connectivity index (χ2v) is 8.54. The molecule has 2 atom stereocenters. The van der Waals surface area contributed by atoms with Crippen LogP contribution in [-0.4, -0.2) is 47.7 Å². The Morgan fingerprint density at radius 1 is 0.610 bits per heavy atom. The van der Waals surface area contributed by atoms with Gasteiger partial charge in [0.15, 0.2) is 17.6 Å². The highest BCUT2D eigenvalue weighted by Gasteiger charge is 2.44. The van der Waals surface area contributed by atoms with Crippen molar-refractivity contribution in [3.8, 4) is 34.5 Å². The van der Waals surface area contributed by atoms with E-state index in [1.165, 1.54) is 6.07 Å². The third-order valence-corrected chi connectivity index (χ3v) is 5.01. The summed E-state index contributed by atoms with van der Waals surface area (Å²) in [5.74, 6) is -7.74. The first-order chi connectivity index (χ1) is 19.2. The van der Waals surface area contributed by atoms with E-state index < -0.39 is 59.6 Å². The molecule has 41 heavy (non-hydrogen) atoms. The number of fused-ring (bicyclic) bond motifs is 1. The van der Waals surface area contributed by atoms with Crippen LogP contribution in [0, 0.1) is 0 Å². The van der Waals surface area contributed by atoms with Gasteiger partial charge in [-0.1, -0.05) is 0 Å². The predicted octanol–water partition coefficient (Wildman–Crippen LogP) is 2.56. The van der Waals surface area contributed by atoms with Crippen LogP contribution < -0.4 is 28.4 Å². The van der Waals surface area contributed by atoms with E-state index in [1.807, 2.05) is 0 Å². The molecule has 2 aromatic carbocycles. The van der Waals surface area contributed by atoms with Gasteiger partial charge in [0.1, 0.15) is 22.8 Å². The van der Waals surface area contributed by atoms with Crippen LogP contribution in [0.3, 0.4) is 0 Å². The number of carbonyl (C=O) groups is 7. The molecule has 0 radical (unpaired) electrons. The Morgan fingerprint density at radius 3 is 1.56 bits per heavy atom. The van der Waals surface area contributed by atoms with Gasteiger partial charge in [-0.15, -0.1) is 0 Å². The molecule has 2 aromatic rings. The molecule has 0 aromatic heterocycles. The zero-order valence-electron chi connectivity index (χ0n) is 22.7. The van der Waals surface area contributed by atoms with Crippen LogP contribution in [0.1, 0.15) is 63.6 Å². The van der Waals surface area contributed by atoms with E-state index in [0.29, 0.717) is 0 Å². The van der Waals surface area contributed by atoms with Crippen LogP contribution in [0.15, 0.2) is 24.3 Å². The normalized spacial score (nSPS) is 15.4. The van der Waals surface area contributed by atoms with Crippen molar-refractivity contribution in [1.29, 1.82) is 0 Å². The average Bonchev–Trinajstić information content (AvgIpc) is 2.80. The summed E-state index contributed by atoms with van der Waals surface area (Å²) >= 11 is 0. The fraction of sp³-hybridized carbons (Fsp3) is 0.296. The van der Waals surface area contributed by atoms with Gasteiger partial charge in [-0.05, 0) is 12.1 Å². The van der Waals surface area contributed by atoms with E-state index in [9.17, 15) is 33.6 Å². The van der Waals surface area contributed by atoms with Crippen molar-refractivity contribution in [3.63, 3.8) is 0 Å². The molecule has 0 saturated heterocycles. The maximum Gasteiger partial charge on any atom is 0.308 e. The van der Waals surface area contributed by atoms with Gasteiger partial charge >= 0.3 is 35.8 Å². The van der Waals surface area contributed by atoms with Gasteiger partial charge < -0.3 is 33.2 Å². The molecule has 14 heteroatoms. The largest absolute Gasteiger partial charge is 0.480 e. The van der Waals surface area contributed by atoms with Crippen LogP contribution in [0.2, 0.25) is 0 Å². The molecular weight excluding hydrogens is 548 g/mol. The van der Waals surface area contributed by atoms with Crippen LogP contribution in [0.4, 0.5) is 0 Å². The van der Waals surface area contributed by atoms with Gasteiger partial charge in [-0.2, -0.15) is 0 Å². The van der Waals surface area contributed by atoms with Gasteiger partial charge in [-0.25, -0.2) is 0 Å². The Kier molecular flexibility index (Phi) is 9.07. The first-order valence-electron chi connectivity index (χ1n) is 11.8. The summed E-state index contributed by atoms with van der Waals surface area (Å²) in [6, 6.07) is 4.58. The molecule has 0 aliphatic carbocycles. The van der Waals surface area contributed by atoms with Crippen molar-refractivity contribution in [2.24, 2.45) is 0 Å². The lowest BCUT2D eigenvalue weighted by molar-refractivity contribution is -0.149. The van der Waals surface area contributed by atoms with E-state index in [0.717, 1.165) is 59.7 Å². The summed E-state index contributed by atoms with van der Waals surface area (Å²) in [5.41, 5.74) is -0.332.